The van der Waals surface area contributed by atoms with Crippen LogP contribution in [-0.2, 0) is 41.9 Å². The van der Waals surface area contributed by atoms with Gasteiger partial charge in [0, 0.05) is 0 Å². The molecule has 16 nitrogen and oxygen atoms in total. The Kier molecular flexibility index (Phi) is 20.7. The lowest BCUT2D eigenvalue weighted by molar-refractivity contribution is -0.143. The Bertz CT molecular complexity index is 1840. The Morgan fingerprint density at radius 1 is 0.759 bits per heavy atom. The molecule has 0 saturated heterocycles. The van der Waals surface area contributed by atoms with Crippen LogP contribution in [0.5, 0.6) is 0 Å². The van der Waals surface area contributed by atoms with Gasteiger partial charge in [0.25, 0.3) is 5.91 Å². The number of benzene rings is 2. The molecular formula is C40H57N7O9S2. The molecule has 0 aliphatic heterocycles. The van der Waals surface area contributed by atoms with Crippen molar-refractivity contribution in [2.75, 3.05) is 4.90 Å². The van der Waals surface area contributed by atoms with Crippen LogP contribution in [0.2, 0.25) is 0 Å². The molecule has 18 heteroatoms. The third-order valence-corrected chi connectivity index (χ3v) is 9.35. The monoisotopic (exact) mass is 843 g/mol. The van der Waals surface area contributed by atoms with E-state index < -0.39 is 60.0 Å². The van der Waals surface area contributed by atoms with Gasteiger partial charge >= 0.3 is 18.2 Å². The molecule has 1 aromatic heterocycles. The number of carbonyl (C=O) groups excluding carboxylic acids is 5. The van der Waals surface area contributed by atoms with Gasteiger partial charge < -0.3 is 36.3 Å². The van der Waals surface area contributed by atoms with Gasteiger partial charge in [-0.3, -0.25) is 19.5 Å². The Morgan fingerprint density at radius 3 is 1.71 bits per heavy atom. The van der Waals surface area contributed by atoms with Crippen molar-refractivity contribution in [3.8, 4) is 0 Å². The summed E-state index contributed by atoms with van der Waals surface area (Å²) in [5.41, 5.74) is 7.56. The number of nitrogens with two attached hydrogens (primary N) is 1. The molecule has 0 aliphatic carbocycles. The zero-order chi connectivity index (χ0) is 43.5. The molecule has 4 atom stereocenters. The molecule has 0 fully saturated rings. The van der Waals surface area contributed by atoms with Crippen molar-refractivity contribution in [2.45, 2.75) is 106 Å². The normalized spacial score (nSPS) is 13.1. The lowest BCUT2D eigenvalue weighted by atomic mass is 10.00. The van der Waals surface area contributed by atoms with Crippen molar-refractivity contribution in [1.29, 1.82) is 0 Å². The first-order valence-electron chi connectivity index (χ1n) is 19.0. The van der Waals surface area contributed by atoms with Gasteiger partial charge in [0.2, 0.25) is 16.9 Å². The van der Waals surface area contributed by atoms with E-state index in [9.17, 15) is 33.9 Å². The van der Waals surface area contributed by atoms with Crippen LogP contribution in [0.4, 0.5) is 14.7 Å². The van der Waals surface area contributed by atoms with E-state index in [0.717, 1.165) is 27.4 Å². The van der Waals surface area contributed by atoms with Crippen molar-refractivity contribution in [3.63, 3.8) is 0 Å². The minimum atomic E-state index is -1.11. The van der Waals surface area contributed by atoms with E-state index in [0.29, 0.717) is 12.8 Å². The maximum atomic E-state index is 13.4. The number of H-pyrrole nitrogens is 1. The predicted octanol–water partition coefficient (Wildman–Crippen LogP) is 5.94. The van der Waals surface area contributed by atoms with Crippen LogP contribution in [-0.4, -0.2) is 75.3 Å². The molecule has 0 unspecified atom stereocenters. The summed E-state index contributed by atoms with van der Waals surface area (Å²) >= 11 is 6.00. The maximum absolute atomic E-state index is 13.4. The number of aromatic nitrogens is 2. The minimum Gasteiger partial charge on any atom is -0.480 e. The second-order valence-corrected chi connectivity index (χ2v) is 16.7. The first-order chi connectivity index (χ1) is 27.3. The number of aliphatic carboxylic acids is 1. The zero-order valence-electron chi connectivity index (χ0n) is 34.2. The number of hydrogen-bond acceptors (Lipinski definition) is 12. The van der Waals surface area contributed by atoms with Crippen LogP contribution in [0, 0.1) is 27.6 Å². The lowest BCUT2D eigenvalue weighted by Gasteiger charge is -2.27. The molecule has 5 amide bonds. The smallest absolute Gasteiger partial charge is 0.423 e. The third-order valence-electron chi connectivity index (χ3n) is 8.28. The third kappa shape index (κ3) is 17.1. The number of aromatic amines is 1. The van der Waals surface area contributed by atoms with Crippen LogP contribution >= 0.6 is 23.6 Å². The number of rotatable bonds is 18. The highest BCUT2D eigenvalue weighted by Crippen LogP contribution is 2.22. The van der Waals surface area contributed by atoms with E-state index in [-0.39, 0.29) is 46.0 Å². The minimum absolute atomic E-state index is 0.0305. The topological polar surface area (TPSA) is 235 Å². The largest absolute Gasteiger partial charge is 0.480 e. The van der Waals surface area contributed by atoms with E-state index in [1.807, 2.05) is 76.2 Å². The predicted molar refractivity (Wildman–Crippen MR) is 223 cm³/mol. The van der Waals surface area contributed by atoms with E-state index in [2.05, 4.69) is 26.1 Å². The fraction of sp³-hybridized carbons (Fsp3) is 0.500. The summed E-state index contributed by atoms with van der Waals surface area (Å²) in [6.07, 6.45) is -0.792. The summed E-state index contributed by atoms with van der Waals surface area (Å²) < 4.78 is 10.8. The van der Waals surface area contributed by atoms with Crippen LogP contribution in [0.15, 0.2) is 60.7 Å². The first-order valence-corrected chi connectivity index (χ1v) is 20.2. The van der Waals surface area contributed by atoms with Gasteiger partial charge in [0.05, 0.1) is 6.04 Å². The Hall–Kier alpha value is -5.20. The molecule has 0 spiro atoms. The molecule has 0 aliphatic rings. The number of anilines is 1. The van der Waals surface area contributed by atoms with Crippen molar-refractivity contribution >= 4 is 64.6 Å². The van der Waals surface area contributed by atoms with Crippen LogP contribution in [0.25, 0.3) is 0 Å². The zero-order valence-corrected chi connectivity index (χ0v) is 35.9. The van der Waals surface area contributed by atoms with Crippen molar-refractivity contribution < 1.29 is 43.3 Å². The van der Waals surface area contributed by atoms with Crippen LogP contribution < -0.4 is 26.6 Å². The van der Waals surface area contributed by atoms with E-state index >= 15 is 0 Å². The summed E-state index contributed by atoms with van der Waals surface area (Å²) in [4.78, 5) is 75.5. The summed E-state index contributed by atoms with van der Waals surface area (Å²) in [6, 6.07) is 14.6. The molecule has 3 rings (SSSR count). The summed E-state index contributed by atoms with van der Waals surface area (Å²) in [5, 5.41) is 23.5. The molecule has 58 heavy (non-hydrogen) atoms. The molecule has 2 aromatic carbocycles. The van der Waals surface area contributed by atoms with Gasteiger partial charge in [-0.2, -0.15) is 4.90 Å². The number of nitrogens with zero attached hydrogens (tertiary/aromatic N) is 2. The number of carboxylic acids is 1. The fourth-order valence-electron chi connectivity index (χ4n) is 5.27. The maximum Gasteiger partial charge on any atom is 0.423 e. The van der Waals surface area contributed by atoms with Crippen LogP contribution in [0.1, 0.15) is 79.4 Å². The number of amides is 5. The Morgan fingerprint density at radius 2 is 1.26 bits per heavy atom. The number of alkyl carbamates (subject to hydrolysis) is 1. The van der Waals surface area contributed by atoms with E-state index in [1.54, 1.807) is 39.8 Å². The lowest BCUT2D eigenvalue weighted by Crippen LogP contribution is -2.56. The van der Waals surface area contributed by atoms with Gasteiger partial charge in [-0.25, -0.2) is 14.4 Å². The van der Waals surface area contributed by atoms with Crippen molar-refractivity contribution in [2.24, 2.45) is 29.4 Å². The van der Waals surface area contributed by atoms with Crippen molar-refractivity contribution in [3.05, 3.63) is 75.7 Å². The number of carboxylic acid groups (broad SMARTS) is 1. The highest BCUT2D eigenvalue weighted by Gasteiger charge is 2.37. The number of hydrogen-bond donors (Lipinski definition) is 6. The van der Waals surface area contributed by atoms with Gasteiger partial charge in [0.1, 0.15) is 31.3 Å². The Labute approximate surface area is 348 Å². The van der Waals surface area contributed by atoms with Crippen molar-refractivity contribution in [1.82, 2.24) is 26.1 Å². The standard InChI is InChI=1S/C21H29N5O4S2.C19H28N2O5/c1-12(2)10-15(22)17(27)23-16(13(3)4)18(28)26(19-24-25-20(31)32-19)21(29)30-11-14-8-6-5-7-9-14;1-12(2)10-15(17(22)21-16(13(3)4)18(23)24)20-19(25)26-11-14-8-6-5-7-9-14/h5-9,12-13,15-16H,10-11,22H2,1-4H3,(H,23,27)(H,25,31);5-9,12-13,15-16H,10-11H2,1-4H3,(H,20,25)(H,21,22)(H,23,24)/t2*15-,16-/m00/s1. The molecule has 7 N–H and O–H groups in total. The Balaban J connectivity index is 0.000000409. The van der Waals surface area contributed by atoms with Gasteiger partial charge in [-0.05, 0) is 59.9 Å². The highest BCUT2D eigenvalue weighted by atomic mass is 32.1. The average Bonchev–Trinajstić information content (AvgIpc) is 3.59. The molecular weight excluding hydrogens is 787 g/mol. The first kappa shape index (κ1) is 48.9. The van der Waals surface area contributed by atoms with E-state index in [4.69, 9.17) is 27.4 Å². The summed E-state index contributed by atoms with van der Waals surface area (Å²) in [5.74, 6) is -3.04. The van der Waals surface area contributed by atoms with Crippen LogP contribution in [0.3, 0.4) is 0 Å². The molecule has 0 radical (unpaired) electrons. The quantitative estimate of drug-likeness (QED) is 0.0817. The fourth-order valence-corrected chi connectivity index (χ4v) is 6.14. The summed E-state index contributed by atoms with van der Waals surface area (Å²) in [6.45, 7) is 14.7. The molecule has 0 bridgehead atoms. The summed E-state index contributed by atoms with van der Waals surface area (Å²) in [7, 11) is 0. The number of carbonyl (C=O) groups is 6. The van der Waals surface area contributed by atoms with Gasteiger partial charge in [-0.15, -0.1) is 5.10 Å². The molecule has 0 saturated carbocycles. The average molecular weight is 844 g/mol. The van der Waals surface area contributed by atoms with E-state index in [1.165, 1.54) is 0 Å². The second-order valence-electron chi connectivity index (χ2n) is 15.0. The molecule has 318 valence electrons. The number of imide groups is 1. The number of ether oxygens (including phenoxy) is 2. The van der Waals surface area contributed by atoms with Gasteiger partial charge in [-0.1, -0.05) is 127 Å². The second kappa shape index (κ2) is 24.5. The number of nitrogens with one attached hydrogen (secondary N) is 4. The van der Waals surface area contributed by atoms with Gasteiger partial charge in [0.15, 0.2) is 3.95 Å². The molecule has 1 heterocycles. The SMILES string of the molecule is CC(C)C[C@H](N)C(=O)N[C@H](C(=O)N(C(=O)OCc1ccccc1)c1n[nH]c(=S)s1)C(C)C.CC(C)C[C@H](NC(=O)OCc1ccccc1)C(=O)N[C@H](C(=O)O)C(C)C. The highest BCUT2D eigenvalue weighted by molar-refractivity contribution is 7.73. The molecule has 3 aromatic rings.